The molecule has 1 amide bonds. The summed E-state index contributed by atoms with van der Waals surface area (Å²) in [7, 11) is 1.79. The number of ether oxygens (including phenoxy) is 1. The number of esters is 1. The number of rotatable bonds is 5. The van der Waals surface area contributed by atoms with Gasteiger partial charge >= 0.3 is 5.97 Å². The van der Waals surface area contributed by atoms with Crippen molar-refractivity contribution in [2.24, 2.45) is 7.05 Å². The van der Waals surface area contributed by atoms with E-state index in [1.54, 1.807) is 30.8 Å². The first-order valence-corrected chi connectivity index (χ1v) is 9.20. The zero-order chi connectivity index (χ0) is 18.7. The lowest BCUT2D eigenvalue weighted by atomic mass is 10.2. The highest BCUT2D eigenvalue weighted by atomic mass is 35.5. The molecule has 0 aliphatic heterocycles. The van der Waals surface area contributed by atoms with Gasteiger partial charge in [-0.25, -0.2) is 4.79 Å². The van der Waals surface area contributed by atoms with Crippen molar-refractivity contribution >= 4 is 40.9 Å². The Morgan fingerprint density at radius 3 is 2.60 bits per heavy atom. The van der Waals surface area contributed by atoms with Crippen LogP contribution in [0.3, 0.4) is 0 Å². The fraction of sp³-hybridized carbons (Fsp3) is 0.353. The molecule has 6 nitrogen and oxygen atoms in total. The first kappa shape index (κ1) is 19.3. The molecule has 2 rings (SSSR count). The predicted octanol–water partition coefficient (Wildman–Crippen LogP) is 3.60. The van der Waals surface area contributed by atoms with Crippen molar-refractivity contribution < 1.29 is 14.3 Å². The van der Waals surface area contributed by atoms with E-state index in [1.165, 1.54) is 18.7 Å². The number of anilines is 1. The van der Waals surface area contributed by atoms with Gasteiger partial charge in [0.15, 0.2) is 6.10 Å². The molecule has 1 atom stereocenters. The lowest BCUT2D eigenvalue weighted by Crippen LogP contribution is -2.30. The second kappa shape index (κ2) is 7.93. The van der Waals surface area contributed by atoms with E-state index in [9.17, 15) is 9.59 Å². The third kappa shape index (κ3) is 4.35. The van der Waals surface area contributed by atoms with Crippen LogP contribution < -0.4 is 5.32 Å². The van der Waals surface area contributed by atoms with E-state index in [2.05, 4.69) is 10.4 Å². The Kier molecular flexibility index (Phi) is 6.13. The van der Waals surface area contributed by atoms with Crippen LogP contribution in [0.5, 0.6) is 0 Å². The van der Waals surface area contributed by atoms with Gasteiger partial charge in [0, 0.05) is 11.9 Å². The molecule has 134 valence electrons. The maximum absolute atomic E-state index is 12.3. The van der Waals surface area contributed by atoms with Crippen molar-refractivity contribution in [2.45, 2.75) is 31.8 Å². The summed E-state index contributed by atoms with van der Waals surface area (Å²) >= 11 is 7.55. The lowest BCUT2D eigenvalue weighted by molar-refractivity contribution is -0.123. The molecule has 0 aliphatic rings. The molecule has 2 aromatic rings. The molecule has 25 heavy (non-hydrogen) atoms. The van der Waals surface area contributed by atoms with Crippen molar-refractivity contribution in [1.29, 1.82) is 0 Å². The number of nitrogens with zero attached hydrogens (tertiary/aromatic N) is 2. The van der Waals surface area contributed by atoms with Gasteiger partial charge in [0.25, 0.3) is 5.91 Å². The van der Waals surface area contributed by atoms with Crippen molar-refractivity contribution in [2.75, 3.05) is 11.6 Å². The monoisotopic (exact) mass is 381 g/mol. The average Bonchev–Trinajstić information content (AvgIpc) is 2.81. The maximum Gasteiger partial charge on any atom is 0.340 e. The first-order chi connectivity index (χ1) is 11.7. The summed E-state index contributed by atoms with van der Waals surface area (Å²) in [4.78, 5) is 25.5. The Hall–Kier alpha value is -1.99. The molecule has 0 unspecified atom stereocenters. The highest BCUT2D eigenvalue weighted by Gasteiger charge is 2.23. The van der Waals surface area contributed by atoms with Gasteiger partial charge in [0.05, 0.1) is 27.7 Å². The van der Waals surface area contributed by atoms with E-state index < -0.39 is 18.0 Å². The average molecular weight is 382 g/mol. The number of nitrogens with one attached hydrogen (secondary N) is 1. The first-order valence-electron chi connectivity index (χ1n) is 7.60. The van der Waals surface area contributed by atoms with Crippen LogP contribution in [-0.4, -0.2) is 34.0 Å². The van der Waals surface area contributed by atoms with Crippen LogP contribution in [0.2, 0.25) is 5.02 Å². The number of amides is 1. The molecule has 0 saturated heterocycles. The normalized spacial score (nSPS) is 11.9. The number of carbonyl (C=O) groups excluding carboxylic acids is 2. The van der Waals surface area contributed by atoms with Crippen LogP contribution in [-0.2, 0) is 16.6 Å². The predicted molar refractivity (Wildman–Crippen MR) is 99.4 cm³/mol. The summed E-state index contributed by atoms with van der Waals surface area (Å²) in [5.41, 5.74) is 2.38. The van der Waals surface area contributed by atoms with E-state index >= 15 is 0 Å². The Balaban J connectivity index is 2.09. The molecule has 1 aromatic carbocycles. The summed E-state index contributed by atoms with van der Waals surface area (Å²) in [6, 6.07) is 5.10. The molecule has 1 aromatic heterocycles. The summed E-state index contributed by atoms with van der Waals surface area (Å²) < 4.78 is 6.94. The highest BCUT2D eigenvalue weighted by molar-refractivity contribution is 7.98. The Morgan fingerprint density at radius 1 is 1.36 bits per heavy atom. The Labute approximate surface area is 155 Å². The number of carbonyl (C=O) groups is 2. The Bertz CT molecular complexity index is 820. The molecule has 0 fully saturated rings. The minimum atomic E-state index is -0.972. The molecule has 0 spiro atoms. The second-order valence-electron chi connectivity index (χ2n) is 5.55. The molecule has 0 radical (unpaired) electrons. The zero-order valence-electron chi connectivity index (χ0n) is 14.7. The molecule has 1 heterocycles. The fourth-order valence-electron chi connectivity index (χ4n) is 2.24. The van der Waals surface area contributed by atoms with Gasteiger partial charge in [-0.3, -0.25) is 9.48 Å². The van der Waals surface area contributed by atoms with Crippen molar-refractivity contribution in [3.63, 3.8) is 0 Å². The van der Waals surface area contributed by atoms with Crippen molar-refractivity contribution in [1.82, 2.24) is 9.78 Å². The van der Waals surface area contributed by atoms with Gasteiger partial charge in [-0.15, -0.1) is 11.8 Å². The van der Waals surface area contributed by atoms with Crippen LogP contribution in [0, 0.1) is 13.8 Å². The Morgan fingerprint density at radius 2 is 2.04 bits per heavy atom. The van der Waals surface area contributed by atoms with Gasteiger partial charge < -0.3 is 10.1 Å². The lowest BCUT2D eigenvalue weighted by Gasteiger charge is -2.14. The van der Waals surface area contributed by atoms with Gasteiger partial charge in [0.1, 0.15) is 0 Å². The summed E-state index contributed by atoms with van der Waals surface area (Å²) in [6.07, 6.45) is 0.924. The molecule has 1 N–H and O–H groups in total. The number of hydrogen-bond donors (Lipinski definition) is 1. The second-order valence-corrected chi connectivity index (χ2v) is 6.84. The van der Waals surface area contributed by atoms with E-state index in [-0.39, 0.29) is 10.6 Å². The molecular formula is C17H20ClN3O3S. The SMILES string of the molecule is CSc1ccc(Cl)c(C(=O)O[C@H](C)C(=O)Nc2c(C)nn(C)c2C)c1. The smallest absolute Gasteiger partial charge is 0.340 e. The van der Waals surface area contributed by atoms with Gasteiger partial charge in [0.2, 0.25) is 0 Å². The fourth-order valence-corrected chi connectivity index (χ4v) is 2.88. The van der Waals surface area contributed by atoms with Crippen LogP contribution in [0.1, 0.15) is 28.7 Å². The summed E-state index contributed by atoms with van der Waals surface area (Å²) in [5.74, 6) is -1.06. The van der Waals surface area contributed by atoms with E-state index in [4.69, 9.17) is 16.3 Å². The van der Waals surface area contributed by atoms with Gasteiger partial charge in [-0.1, -0.05) is 11.6 Å². The van der Waals surface area contributed by atoms with Crippen LogP contribution >= 0.6 is 23.4 Å². The summed E-state index contributed by atoms with van der Waals surface area (Å²) in [5, 5.41) is 7.28. The molecule has 0 bridgehead atoms. The standard InChI is InChI=1S/C17H20ClN3O3S/c1-9-15(10(2)21(4)20-9)19-16(22)11(3)24-17(23)13-8-12(25-5)6-7-14(13)18/h6-8,11H,1-5H3,(H,19,22)/t11-/m1/s1. The van der Waals surface area contributed by atoms with E-state index in [1.807, 2.05) is 19.2 Å². The molecule has 0 saturated carbocycles. The van der Waals surface area contributed by atoms with Gasteiger partial charge in [-0.05, 0) is 45.2 Å². The number of aromatic nitrogens is 2. The minimum Gasteiger partial charge on any atom is -0.449 e. The van der Waals surface area contributed by atoms with Gasteiger partial charge in [-0.2, -0.15) is 5.10 Å². The van der Waals surface area contributed by atoms with E-state index in [0.29, 0.717) is 11.4 Å². The highest BCUT2D eigenvalue weighted by Crippen LogP contribution is 2.24. The summed E-state index contributed by atoms with van der Waals surface area (Å²) in [6.45, 7) is 5.16. The minimum absolute atomic E-state index is 0.238. The van der Waals surface area contributed by atoms with Crippen molar-refractivity contribution in [3.05, 3.63) is 40.2 Å². The maximum atomic E-state index is 12.3. The van der Waals surface area contributed by atoms with Crippen LogP contribution in [0.15, 0.2) is 23.1 Å². The number of benzene rings is 1. The number of aryl methyl sites for hydroxylation is 2. The molecule has 8 heteroatoms. The third-order valence-corrected chi connectivity index (χ3v) is 4.86. The quantitative estimate of drug-likeness (QED) is 0.632. The van der Waals surface area contributed by atoms with Crippen LogP contribution in [0.4, 0.5) is 5.69 Å². The van der Waals surface area contributed by atoms with Crippen LogP contribution in [0.25, 0.3) is 0 Å². The number of halogens is 1. The largest absolute Gasteiger partial charge is 0.449 e. The molecular weight excluding hydrogens is 362 g/mol. The molecule has 0 aliphatic carbocycles. The third-order valence-electron chi connectivity index (χ3n) is 3.80. The zero-order valence-corrected chi connectivity index (χ0v) is 16.3. The number of thioether (sulfide) groups is 1. The topological polar surface area (TPSA) is 73.2 Å². The number of hydrogen-bond acceptors (Lipinski definition) is 5. The van der Waals surface area contributed by atoms with E-state index in [0.717, 1.165) is 10.6 Å². The van der Waals surface area contributed by atoms with Crippen molar-refractivity contribution in [3.8, 4) is 0 Å².